The van der Waals surface area contributed by atoms with E-state index >= 15 is 0 Å². The fourth-order valence-corrected chi connectivity index (χ4v) is 3.13. The maximum absolute atomic E-state index is 12.8. The molecule has 0 saturated heterocycles. The molecule has 1 N–H and O–H groups in total. The molecule has 0 spiro atoms. The van der Waals surface area contributed by atoms with Gasteiger partial charge in [0.1, 0.15) is 18.3 Å². The molecule has 0 radical (unpaired) electrons. The first-order valence-corrected chi connectivity index (χ1v) is 8.96. The van der Waals surface area contributed by atoms with E-state index in [1.807, 2.05) is 43.3 Å². The molecule has 7 nitrogen and oxygen atoms in total. The van der Waals surface area contributed by atoms with E-state index in [-0.39, 0.29) is 18.0 Å². The largest absolute Gasteiger partial charge is 0.324 e. The molecule has 0 fully saturated rings. The van der Waals surface area contributed by atoms with Gasteiger partial charge in [-0.15, -0.1) is 0 Å². The number of fused-ring (bicyclic) bond motifs is 1. The van der Waals surface area contributed by atoms with Crippen LogP contribution in [0.4, 0.5) is 5.69 Å². The van der Waals surface area contributed by atoms with E-state index in [4.69, 9.17) is 11.6 Å². The lowest BCUT2D eigenvalue weighted by atomic mass is 10.2. The molecular weight excluding hydrogens is 378 g/mol. The number of para-hydroxylation sites is 2. The van der Waals surface area contributed by atoms with Gasteiger partial charge in [0.15, 0.2) is 5.65 Å². The number of anilines is 1. The Hall–Kier alpha value is -3.45. The van der Waals surface area contributed by atoms with Gasteiger partial charge in [-0.25, -0.2) is 9.67 Å². The summed E-state index contributed by atoms with van der Waals surface area (Å²) in [4.78, 5) is 29.4. The van der Waals surface area contributed by atoms with Crippen LogP contribution in [-0.4, -0.2) is 25.2 Å². The van der Waals surface area contributed by atoms with Gasteiger partial charge >= 0.3 is 0 Å². The minimum Gasteiger partial charge on any atom is -0.324 e. The first-order valence-electron chi connectivity index (χ1n) is 8.58. The van der Waals surface area contributed by atoms with Crippen molar-refractivity contribution in [1.29, 1.82) is 0 Å². The highest BCUT2D eigenvalue weighted by Crippen LogP contribution is 2.21. The molecule has 2 aromatic carbocycles. The number of carbonyl (C=O) groups excluding carboxylic acids is 1. The number of aromatic nitrogens is 4. The lowest BCUT2D eigenvalue weighted by Crippen LogP contribution is -2.28. The maximum Gasteiger partial charge on any atom is 0.264 e. The normalized spacial score (nSPS) is 10.9. The van der Waals surface area contributed by atoms with E-state index in [1.54, 1.807) is 12.1 Å². The minimum atomic E-state index is -0.344. The van der Waals surface area contributed by atoms with E-state index in [0.29, 0.717) is 27.4 Å². The monoisotopic (exact) mass is 393 g/mol. The van der Waals surface area contributed by atoms with Crippen LogP contribution < -0.4 is 10.9 Å². The number of carbonyl (C=O) groups is 1. The van der Waals surface area contributed by atoms with Crippen molar-refractivity contribution in [2.24, 2.45) is 0 Å². The van der Waals surface area contributed by atoms with Crippen molar-refractivity contribution >= 4 is 34.2 Å². The Bertz CT molecular complexity index is 1240. The summed E-state index contributed by atoms with van der Waals surface area (Å²) in [6, 6.07) is 14.6. The van der Waals surface area contributed by atoms with Crippen molar-refractivity contribution in [2.75, 3.05) is 5.32 Å². The van der Waals surface area contributed by atoms with E-state index in [9.17, 15) is 9.59 Å². The van der Waals surface area contributed by atoms with Crippen LogP contribution in [0.25, 0.3) is 16.7 Å². The molecule has 2 heterocycles. The summed E-state index contributed by atoms with van der Waals surface area (Å²) in [5.41, 5.74) is 2.32. The summed E-state index contributed by atoms with van der Waals surface area (Å²) in [5, 5.41) is 7.86. The number of hydrogen-bond acceptors (Lipinski definition) is 4. The minimum absolute atomic E-state index is 0.145. The highest BCUT2D eigenvalue weighted by atomic mass is 35.5. The standard InChI is InChI=1S/C20H16ClN5O2/c1-13-6-2-4-8-16(13)24-18(27)11-25-12-22-19-14(20(25)28)10-23-26(19)17-9-5-3-7-15(17)21/h2-10,12H,11H2,1H3,(H,24,27). The zero-order valence-corrected chi connectivity index (χ0v) is 15.7. The Labute approximate surface area is 165 Å². The molecule has 2 aromatic heterocycles. The van der Waals surface area contributed by atoms with Gasteiger partial charge < -0.3 is 5.32 Å². The van der Waals surface area contributed by atoms with E-state index in [1.165, 1.54) is 21.8 Å². The Morgan fingerprint density at radius 1 is 1.14 bits per heavy atom. The molecule has 4 rings (SSSR count). The number of benzene rings is 2. The van der Waals surface area contributed by atoms with Crippen LogP contribution in [0.1, 0.15) is 5.56 Å². The Morgan fingerprint density at radius 3 is 2.68 bits per heavy atom. The third-order valence-corrected chi connectivity index (χ3v) is 4.69. The Balaban J connectivity index is 1.64. The summed E-state index contributed by atoms with van der Waals surface area (Å²) >= 11 is 6.22. The number of hydrogen-bond donors (Lipinski definition) is 1. The average molecular weight is 394 g/mol. The van der Waals surface area contributed by atoms with E-state index in [2.05, 4.69) is 15.4 Å². The zero-order chi connectivity index (χ0) is 19.7. The Kier molecular flexibility index (Phi) is 4.67. The molecule has 0 bridgehead atoms. The molecule has 0 aliphatic heterocycles. The number of halogens is 1. The van der Waals surface area contributed by atoms with Crippen LogP contribution in [0, 0.1) is 6.92 Å². The molecule has 8 heteroatoms. The van der Waals surface area contributed by atoms with Crippen molar-refractivity contribution in [3.63, 3.8) is 0 Å². The summed E-state index contributed by atoms with van der Waals surface area (Å²) in [6.07, 6.45) is 2.78. The second-order valence-electron chi connectivity index (χ2n) is 6.29. The third kappa shape index (κ3) is 3.27. The van der Waals surface area contributed by atoms with Crippen molar-refractivity contribution in [3.05, 3.63) is 82.0 Å². The fourth-order valence-electron chi connectivity index (χ4n) is 2.92. The molecule has 28 heavy (non-hydrogen) atoms. The predicted molar refractivity (Wildman–Crippen MR) is 108 cm³/mol. The van der Waals surface area contributed by atoms with Gasteiger partial charge in [-0.1, -0.05) is 41.9 Å². The second-order valence-corrected chi connectivity index (χ2v) is 6.69. The average Bonchev–Trinajstić information content (AvgIpc) is 3.11. The lowest BCUT2D eigenvalue weighted by Gasteiger charge is -2.09. The first kappa shape index (κ1) is 17.9. The summed E-state index contributed by atoms with van der Waals surface area (Å²) in [7, 11) is 0. The van der Waals surface area contributed by atoms with E-state index in [0.717, 1.165) is 5.56 Å². The highest BCUT2D eigenvalue weighted by Gasteiger charge is 2.14. The smallest absolute Gasteiger partial charge is 0.264 e. The molecule has 140 valence electrons. The molecule has 0 aliphatic carbocycles. The van der Waals surface area contributed by atoms with Crippen molar-refractivity contribution in [3.8, 4) is 5.69 Å². The van der Waals surface area contributed by atoms with Gasteiger partial charge in [-0.05, 0) is 30.7 Å². The molecular formula is C20H16ClN5O2. The van der Waals surface area contributed by atoms with Crippen molar-refractivity contribution in [1.82, 2.24) is 19.3 Å². The second kappa shape index (κ2) is 7.28. The Morgan fingerprint density at radius 2 is 1.89 bits per heavy atom. The van der Waals surface area contributed by atoms with Crippen LogP contribution in [-0.2, 0) is 11.3 Å². The summed E-state index contributed by atoms with van der Waals surface area (Å²) in [5.74, 6) is -0.309. The number of amides is 1. The summed E-state index contributed by atoms with van der Waals surface area (Å²) < 4.78 is 2.77. The topological polar surface area (TPSA) is 81.8 Å². The van der Waals surface area contributed by atoms with E-state index < -0.39 is 0 Å². The quantitative estimate of drug-likeness (QED) is 0.577. The van der Waals surface area contributed by atoms with Gasteiger partial charge in [0.2, 0.25) is 5.91 Å². The van der Waals surface area contributed by atoms with Crippen LogP contribution in [0.2, 0.25) is 5.02 Å². The van der Waals surface area contributed by atoms with Crippen LogP contribution >= 0.6 is 11.6 Å². The van der Waals surface area contributed by atoms with Crippen LogP contribution in [0.3, 0.4) is 0 Å². The van der Waals surface area contributed by atoms with Gasteiger partial charge in [0.25, 0.3) is 5.56 Å². The summed E-state index contributed by atoms with van der Waals surface area (Å²) in [6.45, 7) is 1.76. The third-order valence-electron chi connectivity index (χ3n) is 4.37. The molecule has 0 aliphatic rings. The molecule has 4 aromatic rings. The van der Waals surface area contributed by atoms with Crippen LogP contribution in [0.15, 0.2) is 65.8 Å². The number of nitrogens with one attached hydrogen (secondary N) is 1. The van der Waals surface area contributed by atoms with Gasteiger partial charge in [0.05, 0.1) is 16.9 Å². The predicted octanol–water partition coefficient (Wildman–Crippen LogP) is 3.18. The first-order chi connectivity index (χ1) is 13.5. The molecule has 0 saturated carbocycles. The molecule has 0 atom stereocenters. The van der Waals surface area contributed by atoms with Crippen molar-refractivity contribution in [2.45, 2.75) is 13.5 Å². The number of nitrogens with zero attached hydrogens (tertiary/aromatic N) is 4. The molecule has 0 unspecified atom stereocenters. The maximum atomic E-state index is 12.8. The SMILES string of the molecule is Cc1ccccc1NC(=O)Cn1cnc2c(cnn2-c2ccccc2Cl)c1=O. The number of aryl methyl sites for hydroxylation is 1. The fraction of sp³-hybridized carbons (Fsp3) is 0.100. The van der Waals surface area contributed by atoms with Gasteiger partial charge in [-0.3, -0.25) is 14.2 Å². The van der Waals surface area contributed by atoms with Gasteiger partial charge in [-0.2, -0.15) is 5.10 Å². The van der Waals surface area contributed by atoms with Crippen molar-refractivity contribution < 1.29 is 4.79 Å². The highest BCUT2D eigenvalue weighted by molar-refractivity contribution is 6.32. The van der Waals surface area contributed by atoms with Crippen LogP contribution in [0.5, 0.6) is 0 Å². The zero-order valence-electron chi connectivity index (χ0n) is 15.0. The van der Waals surface area contributed by atoms with Gasteiger partial charge in [0, 0.05) is 5.69 Å². The lowest BCUT2D eigenvalue weighted by molar-refractivity contribution is -0.116. The molecule has 1 amide bonds. The number of rotatable bonds is 4.